The van der Waals surface area contributed by atoms with Crippen molar-refractivity contribution < 1.29 is 19.1 Å². The van der Waals surface area contributed by atoms with E-state index in [0.29, 0.717) is 5.75 Å². The largest absolute Gasteiger partial charge is 0.482 e. The molecule has 0 aliphatic carbocycles. The first-order valence-electron chi connectivity index (χ1n) is 7.30. The van der Waals surface area contributed by atoms with E-state index in [2.05, 4.69) is 5.32 Å². The second-order valence-electron chi connectivity index (χ2n) is 6.36. The van der Waals surface area contributed by atoms with Gasteiger partial charge in [-0.05, 0) is 58.7 Å². The lowest BCUT2D eigenvalue weighted by molar-refractivity contribution is -0.157. The molecular formula is C17H25NO4. The minimum Gasteiger partial charge on any atom is -0.482 e. The van der Waals surface area contributed by atoms with Gasteiger partial charge in [0.2, 0.25) is 0 Å². The number of hydrogen-bond donors (Lipinski definition) is 1. The maximum absolute atomic E-state index is 11.8. The van der Waals surface area contributed by atoms with Crippen molar-refractivity contribution in [3.8, 4) is 5.75 Å². The molecule has 1 aromatic rings. The van der Waals surface area contributed by atoms with Crippen LogP contribution in [0.25, 0.3) is 0 Å². The summed E-state index contributed by atoms with van der Waals surface area (Å²) < 4.78 is 10.5. The zero-order valence-electron chi connectivity index (χ0n) is 14.1. The third kappa shape index (κ3) is 5.76. The summed E-state index contributed by atoms with van der Waals surface area (Å²) in [6.45, 7) is 10.8. The van der Waals surface area contributed by atoms with Crippen LogP contribution in [0.2, 0.25) is 0 Å². The van der Waals surface area contributed by atoms with Gasteiger partial charge in [0.15, 0.2) is 12.7 Å². The van der Waals surface area contributed by atoms with Crippen molar-refractivity contribution in [2.24, 2.45) is 0 Å². The van der Waals surface area contributed by atoms with Gasteiger partial charge < -0.3 is 14.8 Å². The van der Waals surface area contributed by atoms with Crippen LogP contribution in [0.15, 0.2) is 18.2 Å². The maximum atomic E-state index is 11.8. The lowest BCUT2D eigenvalue weighted by Gasteiger charge is -2.23. The number of hydrogen-bond acceptors (Lipinski definition) is 4. The van der Waals surface area contributed by atoms with Crippen molar-refractivity contribution in [2.75, 3.05) is 6.61 Å². The van der Waals surface area contributed by atoms with E-state index in [4.69, 9.17) is 9.47 Å². The lowest BCUT2D eigenvalue weighted by Crippen LogP contribution is -2.46. The Morgan fingerprint density at radius 3 is 2.45 bits per heavy atom. The second kappa shape index (κ2) is 7.29. The standard InChI is InChI=1S/C17H25NO4/c1-11-8-7-9-14(12(11)2)21-10-15(19)22-13(3)16(20)18-17(4,5)6/h7-9,13H,10H2,1-6H3,(H,18,20)/t13-/m0/s1. The number of nitrogens with one attached hydrogen (secondary N) is 1. The third-order valence-electron chi connectivity index (χ3n) is 3.08. The fraction of sp³-hybridized carbons (Fsp3) is 0.529. The van der Waals surface area contributed by atoms with Crippen LogP contribution >= 0.6 is 0 Å². The lowest BCUT2D eigenvalue weighted by atomic mass is 10.1. The molecule has 0 saturated carbocycles. The van der Waals surface area contributed by atoms with Gasteiger partial charge in [0.1, 0.15) is 5.75 Å². The molecule has 1 N–H and O–H groups in total. The van der Waals surface area contributed by atoms with E-state index < -0.39 is 12.1 Å². The summed E-state index contributed by atoms with van der Waals surface area (Å²) in [7, 11) is 0. The van der Waals surface area contributed by atoms with Crippen LogP contribution < -0.4 is 10.1 Å². The summed E-state index contributed by atoms with van der Waals surface area (Å²) in [5.41, 5.74) is 1.70. The smallest absolute Gasteiger partial charge is 0.344 e. The first kappa shape index (κ1) is 18.0. The highest BCUT2D eigenvalue weighted by Gasteiger charge is 2.22. The van der Waals surface area contributed by atoms with Gasteiger partial charge in [0.25, 0.3) is 5.91 Å². The molecule has 22 heavy (non-hydrogen) atoms. The molecule has 0 heterocycles. The van der Waals surface area contributed by atoms with E-state index in [0.717, 1.165) is 11.1 Å². The van der Waals surface area contributed by atoms with Crippen molar-refractivity contribution in [1.29, 1.82) is 0 Å². The summed E-state index contributed by atoms with van der Waals surface area (Å²) in [6.07, 6.45) is -0.853. The van der Waals surface area contributed by atoms with Crippen LogP contribution in [0.3, 0.4) is 0 Å². The SMILES string of the molecule is Cc1cccc(OCC(=O)O[C@@H](C)C(=O)NC(C)(C)C)c1C. The molecule has 1 amide bonds. The zero-order chi connectivity index (χ0) is 16.9. The molecule has 1 atom stereocenters. The van der Waals surface area contributed by atoms with Crippen molar-refractivity contribution in [3.63, 3.8) is 0 Å². The predicted octanol–water partition coefficient (Wildman–Crippen LogP) is 2.53. The molecule has 0 radical (unpaired) electrons. The summed E-state index contributed by atoms with van der Waals surface area (Å²) in [5, 5.41) is 2.76. The quantitative estimate of drug-likeness (QED) is 0.849. The van der Waals surface area contributed by atoms with Crippen molar-refractivity contribution >= 4 is 11.9 Å². The Hall–Kier alpha value is -2.04. The number of ether oxygens (including phenoxy) is 2. The molecule has 0 aliphatic rings. The van der Waals surface area contributed by atoms with E-state index in [9.17, 15) is 9.59 Å². The number of rotatable bonds is 5. The van der Waals surface area contributed by atoms with E-state index >= 15 is 0 Å². The fourth-order valence-corrected chi connectivity index (χ4v) is 1.77. The maximum Gasteiger partial charge on any atom is 0.344 e. The van der Waals surface area contributed by atoms with Gasteiger partial charge in [0, 0.05) is 5.54 Å². The van der Waals surface area contributed by atoms with Crippen LogP contribution in [-0.2, 0) is 14.3 Å². The van der Waals surface area contributed by atoms with Crippen LogP contribution in [0.5, 0.6) is 5.75 Å². The molecule has 0 spiro atoms. The summed E-state index contributed by atoms with van der Waals surface area (Å²) in [6, 6.07) is 5.63. The van der Waals surface area contributed by atoms with Gasteiger partial charge in [-0.15, -0.1) is 0 Å². The predicted molar refractivity (Wildman–Crippen MR) is 84.9 cm³/mol. The molecule has 1 aromatic carbocycles. The zero-order valence-corrected chi connectivity index (χ0v) is 14.1. The first-order valence-corrected chi connectivity index (χ1v) is 7.30. The number of carbonyl (C=O) groups is 2. The fourth-order valence-electron chi connectivity index (χ4n) is 1.77. The highest BCUT2D eigenvalue weighted by Crippen LogP contribution is 2.20. The Labute approximate surface area is 132 Å². The molecule has 0 saturated heterocycles. The van der Waals surface area contributed by atoms with Gasteiger partial charge in [-0.3, -0.25) is 4.79 Å². The van der Waals surface area contributed by atoms with Gasteiger partial charge >= 0.3 is 5.97 Å². The molecule has 5 nitrogen and oxygen atoms in total. The van der Waals surface area contributed by atoms with Gasteiger partial charge in [-0.25, -0.2) is 4.79 Å². The molecule has 0 aliphatic heterocycles. The molecule has 5 heteroatoms. The number of amides is 1. The Kier molecular flexibility index (Phi) is 5.97. The van der Waals surface area contributed by atoms with Crippen LogP contribution in [0.1, 0.15) is 38.8 Å². The minimum atomic E-state index is -0.853. The normalized spacial score (nSPS) is 12.5. The average molecular weight is 307 g/mol. The van der Waals surface area contributed by atoms with Gasteiger partial charge in [-0.1, -0.05) is 12.1 Å². The molecule has 122 valence electrons. The summed E-state index contributed by atoms with van der Waals surface area (Å²) in [4.78, 5) is 23.6. The molecular weight excluding hydrogens is 282 g/mol. The average Bonchev–Trinajstić information content (AvgIpc) is 2.38. The highest BCUT2D eigenvalue weighted by molar-refractivity contribution is 5.84. The first-order chi connectivity index (χ1) is 10.1. The molecule has 0 aromatic heterocycles. The summed E-state index contributed by atoms with van der Waals surface area (Å²) in [5.74, 6) is -0.256. The highest BCUT2D eigenvalue weighted by atomic mass is 16.6. The molecule has 0 fully saturated rings. The van der Waals surface area contributed by atoms with Crippen LogP contribution in [0, 0.1) is 13.8 Å². The number of esters is 1. The minimum absolute atomic E-state index is 0.225. The molecule has 0 bridgehead atoms. The van der Waals surface area contributed by atoms with E-state index in [1.54, 1.807) is 6.07 Å². The summed E-state index contributed by atoms with van der Waals surface area (Å²) >= 11 is 0. The Morgan fingerprint density at radius 2 is 1.86 bits per heavy atom. The molecule has 1 rings (SSSR count). The third-order valence-corrected chi connectivity index (χ3v) is 3.08. The van der Waals surface area contributed by atoms with Crippen molar-refractivity contribution in [2.45, 2.75) is 53.2 Å². The van der Waals surface area contributed by atoms with Gasteiger partial charge in [0.05, 0.1) is 0 Å². The van der Waals surface area contributed by atoms with E-state index in [-0.39, 0.29) is 18.1 Å². The van der Waals surface area contributed by atoms with Crippen molar-refractivity contribution in [3.05, 3.63) is 29.3 Å². The van der Waals surface area contributed by atoms with Crippen molar-refractivity contribution in [1.82, 2.24) is 5.32 Å². The van der Waals surface area contributed by atoms with Gasteiger partial charge in [-0.2, -0.15) is 0 Å². The number of aryl methyl sites for hydroxylation is 1. The Balaban J connectivity index is 2.49. The second-order valence-corrected chi connectivity index (χ2v) is 6.36. The number of benzene rings is 1. The Bertz CT molecular complexity index is 546. The Morgan fingerprint density at radius 1 is 1.23 bits per heavy atom. The van der Waals surface area contributed by atoms with E-state index in [1.807, 2.05) is 46.8 Å². The van der Waals surface area contributed by atoms with E-state index in [1.165, 1.54) is 6.92 Å². The van der Waals surface area contributed by atoms with Crippen LogP contribution in [-0.4, -0.2) is 30.1 Å². The molecule has 0 unspecified atom stereocenters. The number of carbonyl (C=O) groups excluding carboxylic acids is 2. The topological polar surface area (TPSA) is 64.6 Å². The monoisotopic (exact) mass is 307 g/mol. The van der Waals surface area contributed by atoms with Crippen LogP contribution in [0.4, 0.5) is 0 Å².